The zero-order chi connectivity index (χ0) is 10.7. The minimum Gasteiger partial charge on any atom is -0.372 e. The van der Waals surface area contributed by atoms with Crippen LogP contribution in [-0.2, 0) is 11.3 Å². The van der Waals surface area contributed by atoms with Crippen molar-refractivity contribution in [2.45, 2.75) is 19.1 Å². The Balaban J connectivity index is 0.00000128. The third-order valence-electron chi connectivity index (χ3n) is 2.54. The van der Waals surface area contributed by atoms with Crippen molar-refractivity contribution in [3.05, 3.63) is 33.8 Å². The van der Waals surface area contributed by atoms with Crippen LogP contribution in [0.25, 0.3) is 0 Å². The summed E-state index contributed by atoms with van der Waals surface area (Å²) in [5.41, 5.74) is 0.882. The smallest absolute Gasteiger partial charge is 0.0750 e. The van der Waals surface area contributed by atoms with Crippen molar-refractivity contribution in [1.29, 1.82) is 0 Å². The first kappa shape index (κ1) is 14.1. The Labute approximate surface area is 112 Å². The van der Waals surface area contributed by atoms with Gasteiger partial charge in [0.25, 0.3) is 0 Å². The van der Waals surface area contributed by atoms with Gasteiger partial charge in [0.15, 0.2) is 0 Å². The first-order valence-electron chi connectivity index (χ1n) is 5.02. The Morgan fingerprint density at radius 2 is 2.00 bits per heavy atom. The van der Waals surface area contributed by atoms with Gasteiger partial charge in [0, 0.05) is 22.2 Å². The van der Waals surface area contributed by atoms with Crippen LogP contribution in [0.2, 0.25) is 10.0 Å². The second kappa shape index (κ2) is 6.67. The highest BCUT2D eigenvalue weighted by atomic mass is 35.5. The molecule has 1 aliphatic heterocycles. The number of nitrogens with one attached hydrogen (secondary N) is 1. The van der Waals surface area contributed by atoms with Gasteiger partial charge in [-0.2, -0.15) is 0 Å². The van der Waals surface area contributed by atoms with E-state index in [1.165, 1.54) is 0 Å². The summed E-state index contributed by atoms with van der Waals surface area (Å²) in [6.07, 6.45) is 1.35. The topological polar surface area (TPSA) is 21.3 Å². The number of ether oxygens (including phenoxy) is 1. The van der Waals surface area contributed by atoms with Crippen LogP contribution < -0.4 is 5.32 Å². The van der Waals surface area contributed by atoms with E-state index in [1.54, 1.807) is 0 Å². The van der Waals surface area contributed by atoms with Gasteiger partial charge in [-0.1, -0.05) is 29.3 Å². The van der Waals surface area contributed by atoms with Crippen molar-refractivity contribution in [2.24, 2.45) is 0 Å². The van der Waals surface area contributed by atoms with Gasteiger partial charge in [-0.25, -0.2) is 0 Å². The van der Waals surface area contributed by atoms with E-state index in [9.17, 15) is 0 Å². The van der Waals surface area contributed by atoms with Crippen LogP contribution in [0.5, 0.6) is 0 Å². The molecule has 0 spiro atoms. The summed E-state index contributed by atoms with van der Waals surface area (Å²) < 4.78 is 5.72. The molecule has 1 saturated heterocycles. The molecule has 16 heavy (non-hydrogen) atoms. The monoisotopic (exact) mass is 281 g/mol. The molecule has 0 aliphatic carbocycles. The summed E-state index contributed by atoms with van der Waals surface area (Å²) in [5, 5.41) is 4.60. The number of halogens is 3. The van der Waals surface area contributed by atoms with Gasteiger partial charge in [-0.3, -0.25) is 0 Å². The van der Waals surface area contributed by atoms with Crippen LogP contribution in [0.3, 0.4) is 0 Å². The van der Waals surface area contributed by atoms with Crippen molar-refractivity contribution in [2.75, 3.05) is 13.1 Å². The summed E-state index contributed by atoms with van der Waals surface area (Å²) in [4.78, 5) is 0. The molecule has 90 valence electrons. The van der Waals surface area contributed by atoms with Crippen molar-refractivity contribution in [3.63, 3.8) is 0 Å². The normalized spacial score (nSPS) is 19.5. The Morgan fingerprint density at radius 3 is 2.56 bits per heavy atom. The highest BCUT2D eigenvalue weighted by Gasteiger charge is 2.15. The summed E-state index contributed by atoms with van der Waals surface area (Å²) in [6.45, 7) is 2.44. The van der Waals surface area contributed by atoms with Crippen molar-refractivity contribution >= 4 is 35.6 Å². The summed E-state index contributed by atoms with van der Waals surface area (Å²) in [5.74, 6) is 0. The van der Waals surface area contributed by atoms with Gasteiger partial charge < -0.3 is 10.1 Å². The first-order chi connectivity index (χ1) is 7.27. The maximum atomic E-state index is 6.03. The van der Waals surface area contributed by atoms with Gasteiger partial charge in [-0.05, 0) is 25.1 Å². The predicted molar refractivity (Wildman–Crippen MR) is 69.8 cm³/mol. The van der Waals surface area contributed by atoms with E-state index in [0.717, 1.165) is 25.1 Å². The maximum Gasteiger partial charge on any atom is 0.0750 e. The molecular weight excluding hydrogens is 268 g/mol. The largest absolute Gasteiger partial charge is 0.372 e. The van der Waals surface area contributed by atoms with E-state index in [4.69, 9.17) is 27.9 Å². The number of hydrogen-bond acceptors (Lipinski definition) is 2. The molecule has 1 unspecified atom stereocenters. The summed E-state index contributed by atoms with van der Waals surface area (Å²) >= 11 is 12.1. The van der Waals surface area contributed by atoms with Gasteiger partial charge >= 0.3 is 0 Å². The van der Waals surface area contributed by atoms with E-state index < -0.39 is 0 Å². The highest BCUT2D eigenvalue weighted by molar-refractivity contribution is 6.35. The Morgan fingerprint density at radius 1 is 1.31 bits per heavy atom. The molecule has 2 nitrogen and oxygen atoms in total. The van der Waals surface area contributed by atoms with Crippen molar-refractivity contribution in [1.82, 2.24) is 5.32 Å². The molecule has 1 aliphatic rings. The third-order valence-corrected chi connectivity index (χ3v) is 3.25. The Bertz CT molecular complexity index is 320. The standard InChI is InChI=1S/C11H13Cl2NO.ClH/c12-10-2-1-3-11(13)9(10)7-15-8-4-5-14-6-8;/h1-3,8,14H,4-7H2;1H. The molecule has 1 heterocycles. The fourth-order valence-corrected chi connectivity index (χ4v) is 2.15. The minimum atomic E-state index is 0. The summed E-state index contributed by atoms with van der Waals surface area (Å²) in [7, 11) is 0. The van der Waals surface area contributed by atoms with Gasteiger partial charge in [0.1, 0.15) is 0 Å². The maximum absolute atomic E-state index is 6.03. The fourth-order valence-electron chi connectivity index (χ4n) is 1.64. The highest BCUT2D eigenvalue weighted by Crippen LogP contribution is 2.25. The van der Waals surface area contributed by atoms with Gasteiger partial charge in [0.05, 0.1) is 12.7 Å². The number of benzene rings is 1. The number of rotatable bonds is 3. The van der Waals surface area contributed by atoms with Crippen LogP contribution in [0.15, 0.2) is 18.2 Å². The minimum absolute atomic E-state index is 0. The second-order valence-corrected chi connectivity index (χ2v) is 4.44. The third kappa shape index (κ3) is 3.51. The Kier molecular flexibility index (Phi) is 5.87. The average molecular weight is 283 g/mol. The first-order valence-corrected chi connectivity index (χ1v) is 5.78. The zero-order valence-corrected chi connectivity index (χ0v) is 11.0. The molecule has 0 amide bonds. The molecule has 5 heteroatoms. The van der Waals surface area contributed by atoms with Crippen LogP contribution >= 0.6 is 35.6 Å². The lowest BCUT2D eigenvalue weighted by Gasteiger charge is -2.12. The van der Waals surface area contributed by atoms with Crippen LogP contribution in [0, 0.1) is 0 Å². The molecule has 1 N–H and O–H groups in total. The molecule has 2 rings (SSSR count). The second-order valence-electron chi connectivity index (χ2n) is 3.63. The van der Waals surface area contributed by atoms with E-state index in [0.29, 0.717) is 16.7 Å². The molecule has 1 atom stereocenters. The van der Waals surface area contributed by atoms with Crippen LogP contribution in [0.1, 0.15) is 12.0 Å². The molecule has 0 bridgehead atoms. The molecule has 0 saturated carbocycles. The lowest BCUT2D eigenvalue weighted by atomic mass is 10.2. The molecule has 0 aromatic heterocycles. The lowest BCUT2D eigenvalue weighted by molar-refractivity contribution is 0.0543. The Hall–Kier alpha value is 0.01000. The molecule has 1 fully saturated rings. The van der Waals surface area contributed by atoms with Crippen molar-refractivity contribution < 1.29 is 4.74 Å². The van der Waals surface area contributed by atoms with E-state index in [2.05, 4.69) is 5.32 Å². The zero-order valence-electron chi connectivity index (χ0n) is 8.71. The molecule has 1 aromatic rings. The van der Waals surface area contributed by atoms with Crippen LogP contribution in [-0.4, -0.2) is 19.2 Å². The predicted octanol–water partition coefficient (Wildman–Crippen LogP) is 3.29. The van der Waals surface area contributed by atoms with E-state index in [1.807, 2.05) is 18.2 Å². The van der Waals surface area contributed by atoms with Gasteiger partial charge in [-0.15, -0.1) is 12.4 Å². The fraction of sp³-hybridized carbons (Fsp3) is 0.455. The van der Waals surface area contributed by atoms with Gasteiger partial charge in [0.2, 0.25) is 0 Å². The van der Waals surface area contributed by atoms with E-state index >= 15 is 0 Å². The van der Waals surface area contributed by atoms with Crippen molar-refractivity contribution in [3.8, 4) is 0 Å². The average Bonchev–Trinajstić information content (AvgIpc) is 2.70. The quantitative estimate of drug-likeness (QED) is 0.918. The summed E-state index contributed by atoms with van der Waals surface area (Å²) in [6, 6.07) is 5.50. The number of hydrogen-bond donors (Lipinski definition) is 1. The molecule has 1 aromatic carbocycles. The van der Waals surface area contributed by atoms with E-state index in [-0.39, 0.29) is 18.5 Å². The molecule has 0 radical (unpaired) electrons. The SMILES string of the molecule is Cl.Clc1cccc(Cl)c1COC1CCNC1. The lowest BCUT2D eigenvalue weighted by Crippen LogP contribution is -2.16. The molecular formula is C11H14Cl3NO. The van der Waals surface area contributed by atoms with Crippen LogP contribution in [0.4, 0.5) is 0 Å².